The Labute approximate surface area is 75.9 Å². The van der Waals surface area contributed by atoms with Crippen LogP contribution in [0.15, 0.2) is 0 Å². The van der Waals surface area contributed by atoms with Gasteiger partial charge in [-0.05, 0) is 12.8 Å². The molecule has 0 aromatic carbocycles. The normalized spacial score (nSPS) is 20.9. The van der Waals surface area contributed by atoms with Crippen molar-refractivity contribution < 1.29 is 0 Å². The molecule has 1 aliphatic carbocycles. The first-order valence-electron chi connectivity index (χ1n) is 5.10. The Kier molecular flexibility index (Phi) is 4.87. The van der Waals surface area contributed by atoms with E-state index >= 15 is 0 Å². The van der Waals surface area contributed by atoms with Crippen LogP contribution >= 0.6 is 0 Å². The molecule has 1 rings (SSSR count). The van der Waals surface area contributed by atoms with Crippen molar-refractivity contribution in [3.8, 4) is 12.3 Å². The lowest BCUT2D eigenvalue weighted by molar-refractivity contribution is 0.403. The van der Waals surface area contributed by atoms with E-state index in [0.29, 0.717) is 6.04 Å². The lowest BCUT2D eigenvalue weighted by Gasteiger charge is -2.19. The third kappa shape index (κ3) is 3.78. The van der Waals surface area contributed by atoms with Crippen molar-refractivity contribution >= 4 is 0 Å². The van der Waals surface area contributed by atoms with E-state index in [1.54, 1.807) is 0 Å². The van der Waals surface area contributed by atoms with Gasteiger partial charge in [-0.1, -0.05) is 38.0 Å². The largest absolute Gasteiger partial charge is 0.303 e. The molecule has 0 atom stereocenters. The molecule has 1 heteroatoms. The molecule has 1 N–H and O–H groups in total. The first-order valence-corrected chi connectivity index (χ1v) is 5.10. The minimum absolute atomic E-state index is 0.696. The fourth-order valence-electron chi connectivity index (χ4n) is 1.86. The SMILES string of the molecule is C#CCNC1CCCCCCC1. The molecule has 1 saturated carbocycles. The van der Waals surface area contributed by atoms with Gasteiger partial charge >= 0.3 is 0 Å². The van der Waals surface area contributed by atoms with E-state index in [2.05, 4.69) is 11.2 Å². The van der Waals surface area contributed by atoms with Gasteiger partial charge in [-0.3, -0.25) is 0 Å². The van der Waals surface area contributed by atoms with Crippen molar-refractivity contribution in [3.63, 3.8) is 0 Å². The molecule has 1 fully saturated rings. The van der Waals surface area contributed by atoms with Crippen molar-refractivity contribution in [2.24, 2.45) is 0 Å². The molecule has 68 valence electrons. The lowest BCUT2D eigenvalue weighted by atomic mass is 9.97. The molecule has 0 spiro atoms. The Morgan fingerprint density at radius 2 is 1.67 bits per heavy atom. The van der Waals surface area contributed by atoms with Gasteiger partial charge in [-0.15, -0.1) is 6.42 Å². The van der Waals surface area contributed by atoms with Crippen molar-refractivity contribution in [2.45, 2.75) is 51.0 Å². The zero-order valence-corrected chi connectivity index (χ0v) is 7.81. The topological polar surface area (TPSA) is 12.0 Å². The van der Waals surface area contributed by atoms with Crippen molar-refractivity contribution in [2.75, 3.05) is 6.54 Å². The second kappa shape index (κ2) is 6.08. The number of hydrogen-bond donors (Lipinski definition) is 1. The van der Waals surface area contributed by atoms with Gasteiger partial charge in [-0.2, -0.15) is 0 Å². The van der Waals surface area contributed by atoms with Crippen molar-refractivity contribution in [3.05, 3.63) is 0 Å². The van der Waals surface area contributed by atoms with Gasteiger partial charge in [-0.25, -0.2) is 0 Å². The van der Waals surface area contributed by atoms with Gasteiger partial charge in [0.05, 0.1) is 6.54 Å². The highest BCUT2D eigenvalue weighted by Crippen LogP contribution is 2.16. The Morgan fingerprint density at radius 1 is 1.08 bits per heavy atom. The Hall–Kier alpha value is -0.480. The van der Waals surface area contributed by atoms with E-state index in [0.717, 1.165) is 6.54 Å². The smallest absolute Gasteiger partial charge is 0.0575 e. The molecule has 0 amide bonds. The fraction of sp³-hybridized carbons (Fsp3) is 0.818. The molecular weight excluding hydrogens is 146 g/mol. The highest BCUT2D eigenvalue weighted by atomic mass is 14.9. The van der Waals surface area contributed by atoms with Gasteiger partial charge in [0, 0.05) is 6.04 Å². The molecule has 0 bridgehead atoms. The summed E-state index contributed by atoms with van der Waals surface area (Å²) in [6.45, 7) is 0.741. The number of rotatable bonds is 2. The maximum absolute atomic E-state index is 5.20. The fourth-order valence-corrected chi connectivity index (χ4v) is 1.86. The molecule has 0 aliphatic heterocycles. The summed E-state index contributed by atoms with van der Waals surface area (Å²) in [6, 6.07) is 0.696. The number of hydrogen-bond acceptors (Lipinski definition) is 1. The zero-order valence-electron chi connectivity index (χ0n) is 7.81. The second-order valence-electron chi connectivity index (χ2n) is 3.63. The Morgan fingerprint density at radius 3 is 2.25 bits per heavy atom. The van der Waals surface area contributed by atoms with Crippen LogP contribution in [0.25, 0.3) is 0 Å². The van der Waals surface area contributed by atoms with Crippen LogP contribution in [0.2, 0.25) is 0 Å². The highest BCUT2D eigenvalue weighted by molar-refractivity contribution is 4.88. The van der Waals surface area contributed by atoms with Crippen LogP contribution in [-0.4, -0.2) is 12.6 Å². The third-order valence-electron chi connectivity index (χ3n) is 2.60. The van der Waals surface area contributed by atoms with Crippen LogP contribution in [0, 0.1) is 12.3 Å². The summed E-state index contributed by atoms with van der Waals surface area (Å²) in [5.41, 5.74) is 0. The highest BCUT2D eigenvalue weighted by Gasteiger charge is 2.08. The van der Waals surface area contributed by atoms with E-state index in [1.807, 2.05) is 0 Å². The summed E-state index contributed by atoms with van der Waals surface area (Å²) >= 11 is 0. The minimum atomic E-state index is 0.696. The van der Waals surface area contributed by atoms with Gasteiger partial charge in [0.25, 0.3) is 0 Å². The first kappa shape index (κ1) is 9.61. The Bertz CT molecular complexity index is 138. The summed E-state index contributed by atoms with van der Waals surface area (Å²) in [4.78, 5) is 0. The number of terminal acetylenes is 1. The van der Waals surface area contributed by atoms with Crippen LogP contribution < -0.4 is 5.32 Å². The molecule has 0 radical (unpaired) electrons. The summed E-state index contributed by atoms with van der Waals surface area (Å²) in [6.07, 6.45) is 14.9. The molecule has 0 saturated heterocycles. The molecule has 0 aromatic rings. The molecule has 1 nitrogen and oxygen atoms in total. The molecule has 0 unspecified atom stereocenters. The van der Waals surface area contributed by atoms with E-state index in [4.69, 9.17) is 6.42 Å². The first-order chi connectivity index (χ1) is 5.93. The maximum atomic E-state index is 5.20. The maximum Gasteiger partial charge on any atom is 0.0575 e. The average Bonchev–Trinajstić information content (AvgIpc) is 2.02. The van der Waals surface area contributed by atoms with E-state index in [9.17, 15) is 0 Å². The zero-order chi connectivity index (χ0) is 8.65. The van der Waals surface area contributed by atoms with E-state index in [1.165, 1.54) is 44.9 Å². The molecule has 1 aliphatic rings. The quantitative estimate of drug-likeness (QED) is 0.619. The monoisotopic (exact) mass is 165 g/mol. The Balaban J connectivity index is 2.16. The van der Waals surface area contributed by atoms with Crippen molar-refractivity contribution in [1.82, 2.24) is 5.32 Å². The van der Waals surface area contributed by atoms with E-state index < -0.39 is 0 Å². The third-order valence-corrected chi connectivity index (χ3v) is 2.60. The average molecular weight is 165 g/mol. The van der Waals surface area contributed by atoms with Crippen LogP contribution in [-0.2, 0) is 0 Å². The van der Waals surface area contributed by atoms with Crippen LogP contribution in [0.4, 0.5) is 0 Å². The van der Waals surface area contributed by atoms with Gasteiger partial charge in [0.15, 0.2) is 0 Å². The lowest BCUT2D eigenvalue weighted by Crippen LogP contribution is -2.29. The predicted octanol–water partition coefficient (Wildman–Crippen LogP) is 2.32. The van der Waals surface area contributed by atoms with Crippen LogP contribution in [0.3, 0.4) is 0 Å². The van der Waals surface area contributed by atoms with Gasteiger partial charge in [0.1, 0.15) is 0 Å². The van der Waals surface area contributed by atoms with E-state index in [-0.39, 0.29) is 0 Å². The molecule has 0 heterocycles. The summed E-state index contributed by atoms with van der Waals surface area (Å²) in [5, 5.41) is 3.40. The second-order valence-corrected chi connectivity index (χ2v) is 3.63. The molecular formula is C11H19N. The summed E-state index contributed by atoms with van der Waals surface area (Å²) < 4.78 is 0. The predicted molar refractivity (Wildman–Crippen MR) is 52.9 cm³/mol. The standard InChI is InChI=1S/C11H19N/c1-2-10-12-11-8-6-4-3-5-7-9-11/h1,11-12H,3-10H2. The molecule has 0 aromatic heterocycles. The number of nitrogens with one attached hydrogen (secondary N) is 1. The molecule has 12 heavy (non-hydrogen) atoms. The summed E-state index contributed by atoms with van der Waals surface area (Å²) in [7, 11) is 0. The minimum Gasteiger partial charge on any atom is -0.303 e. The van der Waals surface area contributed by atoms with Crippen molar-refractivity contribution in [1.29, 1.82) is 0 Å². The van der Waals surface area contributed by atoms with Gasteiger partial charge in [0.2, 0.25) is 0 Å². The van der Waals surface area contributed by atoms with Gasteiger partial charge < -0.3 is 5.32 Å². The van der Waals surface area contributed by atoms with Crippen LogP contribution in [0.5, 0.6) is 0 Å². The van der Waals surface area contributed by atoms with Crippen LogP contribution in [0.1, 0.15) is 44.9 Å². The summed E-state index contributed by atoms with van der Waals surface area (Å²) in [5.74, 6) is 2.64.